The Morgan fingerprint density at radius 1 is 1.12 bits per heavy atom. The van der Waals surface area contributed by atoms with Gasteiger partial charge in [0.05, 0.1) is 6.61 Å². The van der Waals surface area contributed by atoms with E-state index in [9.17, 15) is 0 Å². The molecule has 0 spiro atoms. The number of aryl methyl sites for hydroxylation is 1. The van der Waals surface area contributed by atoms with E-state index in [1.807, 2.05) is 0 Å². The Bertz CT molecular complexity index is 539. The van der Waals surface area contributed by atoms with E-state index in [-0.39, 0.29) is 11.2 Å². The standard InChI is InChI=1S/C18H32O2Si.CO2/c1-14(2)16-10-9-15(3)13-17(16)19-11-12-20-21(7,8)18(4,5)6;2-1-3/h9-10,13-14H,11-12H2,1-8H3;. The lowest BCUT2D eigenvalue weighted by Crippen LogP contribution is -2.41. The van der Waals surface area contributed by atoms with E-state index in [0.29, 0.717) is 19.1 Å². The fraction of sp³-hybridized carbons (Fsp3) is 0.632. The summed E-state index contributed by atoms with van der Waals surface area (Å²) in [6.07, 6.45) is 0.250. The molecule has 0 heterocycles. The van der Waals surface area contributed by atoms with Crippen LogP contribution in [0.5, 0.6) is 5.75 Å². The molecule has 0 fully saturated rings. The average Bonchev–Trinajstić information content (AvgIpc) is 2.43. The van der Waals surface area contributed by atoms with E-state index in [4.69, 9.17) is 18.8 Å². The highest BCUT2D eigenvalue weighted by Crippen LogP contribution is 2.36. The van der Waals surface area contributed by atoms with E-state index in [2.05, 4.69) is 72.8 Å². The van der Waals surface area contributed by atoms with Crippen LogP contribution in [0.4, 0.5) is 0 Å². The monoisotopic (exact) mass is 352 g/mol. The van der Waals surface area contributed by atoms with Crippen LogP contribution in [-0.2, 0) is 14.0 Å². The van der Waals surface area contributed by atoms with Gasteiger partial charge in [0.15, 0.2) is 8.32 Å². The molecule has 136 valence electrons. The molecule has 0 saturated carbocycles. The first-order valence-electron chi connectivity index (χ1n) is 8.33. The van der Waals surface area contributed by atoms with Gasteiger partial charge in [-0.05, 0) is 48.2 Å². The van der Waals surface area contributed by atoms with Crippen LogP contribution in [0, 0.1) is 6.92 Å². The van der Waals surface area contributed by atoms with Crippen molar-refractivity contribution in [2.24, 2.45) is 0 Å². The van der Waals surface area contributed by atoms with Gasteiger partial charge in [-0.25, -0.2) is 0 Å². The molecule has 0 saturated heterocycles. The van der Waals surface area contributed by atoms with Crippen LogP contribution < -0.4 is 4.74 Å². The van der Waals surface area contributed by atoms with Gasteiger partial charge in [-0.2, -0.15) is 9.59 Å². The molecule has 0 radical (unpaired) electrons. The first-order chi connectivity index (χ1) is 11.0. The van der Waals surface area contributed by atoms with Gasteiger partial charge < -0.3 is 9.16 Å². The summed E-state index contributed by atoms with van der Waals surface area (Å²) in [6.45, 7) is 19.1. The van der Waals surface area contributed by atoms with Crippen molar-refractivity contribution in [3.63, 3.8) is 0 Å². The number of benzene rings is 1. The third-order valence-electron chi connectivity index (χ3n) is 4.40. The first-order valence-corrected chi connectivity index (χ1v) is 11.2. The third kappa shape index (κ3) is 7.43. The number of carbonyl (C=O) groups excluding carboxylic acids is 2. The first kappa shape index (κ1) is 22.6. The van der Waals surface area contributed by atoms with Gasteiger partial charge in [-0.15, -0.1) is 0 Å². The van der Waals surface area contributed by atoms with Gasteiger partial charge in [-0.3, -0.25) is 0 Å². The lowest BCUT2D eigenvalue weighted by atomic mass is 10.0. The Kier molecular flexibility index (Phi) is 9.19. The summed E-state index contributed by atoms with van der Waals surface area (Å²) < 4.78 is 12.1. The van der Waals surface area contributed by atoms with Crippen molar-refractivity contribution in [1.29, 1.82) is 0 Å². The highest BCUT2D eigenvalue weighted by atomic mass is 28.4. The van der Waals surface area contributed by atoms with Gasteiger partial charge in [0, 0.05) is 0 Å². The second-order valence-corrected chi connectivity index (χ2v) is 12.5. The van der Waals surface area contributed by atoms with Gasteiger partial charge in [0.25, 0.3) is 0 Å². The molecule has 0 atom stereocenters. The molecule has 0 aliphatic heterocycles. The second kappa shape index (κ2) is 9.77. The summed E-state index contributed by atoms with van der Waals surface area (Å²) in [4.78, 5) is 16.2. The number of rotatable bonds is 6. The molecule has 0 aromatic heterocycles. The topological polar surface area (TPSA) is 52.6 Å². The SMILES string of the molecule is Cc1ccc(C(C)C)c(OCCO[Si](C)(C)C(C)(C)C)c1.O=C=O. The van der Waals surface area contributed by atoms with Crippen LogP contribution in [0.1, 0.15) is 51.7 Å². The minimum absolute atomic E-state index is 0.249. The van der Waals surface area contributed by atoms with Crippen molar-refractivity contribution in [1.82, 2.24) is 0 Å². The second-order valence-electron chi connectivity index (χ2n) is 7.74. The van der Waals surface area contributed by atoms with Crippen molar-refractivity contribution in [3.05, 3.63) is 29.3 Å². The van der Waals surface area contributed by atoms with E-state index in [1.165, 1.54) is 11.1 Å². The van der Waals surface area contributed by atoms with E-state index in [0.717, 1.165) is 5.75 Å². The predicted molar refractivity (Wildman–Crippen MR) is 98.9 cm³/mol. The highest BCUT2D eigenvalue weighted by molar-refractivity contribution is 6.74. The third-order valence-corrected chi connectivity index (χ3v) is 8.94. The quantitative estimate of drug-likeness (QED) is 0.538. The lowest BCUT2D eigenvalue weighted by molar-refractivity contribution is -0.191. The Morgan fingerprint density at radius 2 is 1.67 bits per heavy atom. The molecular weight excluding hydrogens is 320 g/mol. The van der Waals surface area contributed by atoms with Gasteiger partial charge in [0.1, 0.15) is 12.4 Å². The number of ether oxygens (including phenoxy) is 1. The molecule has 5 heteroatoms. The maximum atomic E-state index is 8.12. The Balaban J connectivity index is 0.00000163. The van der Waals surface area contributed by atoms with Crippen molar-refractivity contribution >= 4 is 14.5 Å². The molecule has 0 bridgehead atoms. The van der Waals surface area contributed by atoms with Crippen LogP contribution in [0.25, 0.3) is 0 Å². The fourth-order valence-corrected chi connectivity index (χ4v) is 2.94. The van der Waals surface area contributed by atoms with Gasteiger partial charge >= 0.3 is 6.15 Å². The molecular formula is C19H32O4Si. The number of hydrogen-bond acceptors (Lipinski definition) is 4. The minimum Gasteiger partial charge on any atom is -0.491 e. The lowest BCUT2D eigenvalue weighted by Gasteiger charge is -2.36. The van der Waals surface area contributed by atoms with Crippen LogP contribution in [0.2, 0.25) is 18.1 Å². The van der Waals surface area contributed by atoms with Crippen molar-refractivity contribution in [3.8, 4) is 5.75 Å². The van der Waals surface area contributed by atoms with Crippen LogP contribution in [0.3, 0.4) is 0 Å². The summed E-state index contributed by atoms with van der Waals surface area (Å²) >= 11 is 0. The van der Waals surface area contributed by atoms with Crippen LogP contribution in [-0.4, -0.2) is 27.7 Å². The average molecular weight is 353 g/mol. The molecule has 0 N–H and O–H groups in total. The van der Waals surface area contributed by atoms with Crippen LogP contribution >= 0.6 is 0 Å². The Morgan fingerprint density at radius 3 is 2.12 bits per heavy atom. The zero-order valence-corrected chi connectivity index (χ0v) is 17.4. The maximum Gasteiger partial charge on any atom is 0.373 e. The summed E-state index contributed by atoms with van der Waals surface area (Å²) in [5.74, 6) is 1.48. The molecule has 1 aromatic rings. The summed E-state index contributed by atoms with van der Waals surface area (Å²) in [6, 6.07) is 6.44. The molecule has 1 aromatic carbocycles. The summed E-state index contributed by atoms with van der Waals surface area (Å²) in [5.41, 5.74) is 2.51. The van der Waals surface area contributed by atoms with Crippen molar-refractivity contribution in [2.45, 2.75) is 65.6 Å². The normalized spacial score (nSPS) is 11.5. The summed E-state index contributed by atoms with van der Waals surface area (Å²) in [5, 5.41) is 0.249. The zero-order valence-electron chi connectivity index (χ0n) is 16.4. The molecule has 1 rings (SSSR count). The molecule has 24 heavy (non-hydrogen) atoms. The molecule has 0 aliphatic carbocycles. The molecule has 0 unspecified atom stereocenters. The van der Waals surface area contributed by atoms with E-state index < -0.39 is 8.32 Å². The molecule has 4 nitrogen and oxygen atoms in total. The Labute approximate surface area is 147 Å². The highest BCUT2D eigenvalue weighted by Gasteiger charge is 2.36. The number of hydrogen-bond donors (Lipinski definition) is 0. The maximum absolute atomic E-state index is 8.12. The largest absolute Gasteiger partial charge is 0.491 e. The van der Waals surface area contributed by atoms with E-state index >= 15 is 0 Å². The zero-order chi connectivity index (χ0) is 19.0. The van der Waals surface area contributed by atoms with Gasteiger partial charge in [-0.1, -0.05) is 46.8 Å². The fourth-order valence-electron chi connectivity index (χ4n) is 1.91. The van der Waals surface area contributed by atoms with E-state index in [1.54, 1.807) is 0 Å². The molecule has 0 aliphatic rings. The van der Waals surface area contributed by atoms with Crippen LogP contribution in [0.15, 0.2) is 18.2 Å². The van der Waals surface area contributed by atoms with Gasteiger partial charge in [0.2, 0.25) is 0 Å². The Hall–Kier alpha value is -1.42. The van der Waals surface area contributed by atoms with Crippen molar-refractivity contribution < 1.29 is 18.8 Å². The smallest absolute Gasteiger partial charge is 0.373 e. The predicted octanol–water partition coefficient (Wildman–Crippen LogP) is 4.94. The molecule has 0 amide bonds. The minimum atomic E-state index is -1.67. The van der Waals surface area contributed by atoms with Crippen molar-refractivity contribution in [2.75, 3.05) is 13.2 Å². The summed E-state index contributed by atoms with van der Waals surface area (Å²) in [7, 11) is -1.67.